The van der Waals surface area contributed by atoms with Crippen LogP contribution < -0.4 is 4.74 Å². The first-order valence-corrected chi connectivity index (χ1v) is 7.12. The lowest BCUT2D eigenvalue weighted by atomic mass is 9.99. The number of benzene rings is 1. The standard InChI is InChI=1S/C15H18O7/c1-7-11(16)12(17)13(18)15(20-7)22-10-6-8-4-2-3-5-9(8)21-14(10)19/h2-5,7,10-13,15-18H,6H2,1H3/t7-,10?,11-,12+,13+,15-/m0/s1. The quantitative estimate of drug-likeness (QED) is 0.493. The molecule has 6 atom stereocenters. The van der Waals surface area contributed by atoms with Crippen LogP contribution in [0.3, 0.4) is 0 Å². The van der Waals surface area contributed by atoms with Gasteiger partial charge < -0.3 is 29.5 Å². The smallest absolute Gasteiger partial charge is 0.341 e. The van der Waals surface area contributed by atoms with Gasteiger partial charge in [-0.2, -0.15) is 0 Å². The summed E-state index contributed by atoms with van der Waals surface area (Å²) in [4.78, 5) is 12.0. The summed E-state index contributed by atoms with van der Waals surface area (Å²) >= 11 is 0. The van der Waals surface area contributed by atoms with Gasteiger partial charge in [-0.3, -0.25) is 0 Å². The fourth-order valence-corrected chi connectivity index (χ4v) is 2.62. The van der Waals surface area contributed by atoms with Crippen LogP contribution >= 0.6 is 0 Å². The molecule has 7 heteroatoms. The third-order valence-corrected chi connectivity index (χ3v) is 3.96. The molecule has 7 nitrogen and oxygen atoms in total. The van der Waals surface area contributed by atoms with Gasteiger partial charge in [-0.15, -0.1) is 0 Å². The number of carbonyl (C=O) groups is 1. The molecule has 22 heavy (non-hydrogen) atoms. The van der Waals surface area contributed by atoms with Crippen molar-refractivity contribution in [1.29, 1.82) is 0 Å². The molecular formula is C15H18O7. The van der Waals surface area contributed by atoms with Crippen molar-refractivity contribution in [2.75, 3.05) is 0 Å². The van der Waals surface area contributed by atoms with Gasteiger partial charge in [-0.1, -0.05) is 18.2 Å². The van der Waals surface area contributed by atoms with E-state index in [0.717, 1.165) is 5.56 Å². The zero-order chi connectivity index (χ0) is 15.9. The Balaban J connectivity index is 1.72. The summed E-state index contributed by atoms with van der Waals surface area (Å²) in [5.74, 6) is -0.0935. The number of fused-ring (bicyclic) bond motifs is 1. The number of carbonyl (C=O) groups excluding carboxylic acids is 1. The van der Waals surface area contributed by atoms with Crippen molar-refractivity contribution < 1.29 is 34.3 Å². The highest BCUT2D eigenvalue weighted by molar-refractivity contribution is 5.80. The Hall–Kier alpha value is -1.51. The predicted molar refractivity (Wildman–Crippen MR) is 73.0 cm³/mol. The lowest BCUT2D eigenvalue weighted by Gasteiger charge is -2.40. The van der Waals surface area contributed by atoms with Crippen molar-refractivity contribution in [2.45, 2.75) is 50.2 Å². The zero-order valence-corrected chi connectivity index (χ0v) is 12.0. The van der Waals surface area contributed by atoms with E-state index < -0.39 is 42.8 Å². The molecule has 1 saturated heterocycles. The molecule has 0 spiro atoms. The predicted octanol–water partition coefficient (Wildman–Crippen LogP) is -0.639. The molecule has 3 N–H and O–H groups in total. The normalized spacial score (nSPS) is 38.3. The van der Waals surface area contributed by atoms with Crippen molar-refractivity contribution in [3.63, 3.8) is 0 Å². The van der Waals surface area contributed by atoms with Crippen molar-refractivity contribution in [2.24, 2.45) is 0 Å². The second-order valence-electron chi connectivity index (χ2n) is 5.54. The monoisotopic (exact) mass is 310 g/mol. The molecule has 1 fully saturated rings. The summed E-state index contributed by atoms with van der Waals surface area (Å²) < 4.78 is 16.0. The van der Waals surface area contributed by atoms with E-state index in [0.29, 0.717) is 5.75 Å². The largest absolute Gasteiger partial charge is 0.424 e. The average Bonchev–Trinajstić information content (AvgIpc) is 2.51. The fourth-order valence-electron chi connectivity index (χ4n) is 2.62. The maximum absolute atomic E-state index is 12.0. The molecule has 0 aromatic heterocycles. The van der Waals surface area contributed by atoms with Gasteiger partial charge in [0.15, 0.2) is 12.4 Å². The fraction of sp³-hybridized carbons (Fsp3) is 0.533. The van der Waals surface area contributed by atoms with Crippen LogP contribution in [0.25, 0.3) is 0 Å². The SMILES string of the molecule is C[C@@H]1O[C@@H](OC2Cc3ccccc3OC2=O)[C@H](O)[C@H](O)[C@H]1O. The maximum atomic E-state index is 12.0. The molecule has 2 heterocycles. The molecular weight excluding hydrogens is 292 g/mol. The first-order valence-electron chi connectivity index (χ1n) is 7.12. The Kier molecular flexibility index (Phi) is 4.16. The van der Waals surface area contributed by atoms with E-state index in [2.05, 4.69) is 0 Å². The summed E-state index contributed by atoms with van der Waals surface area (Å²) in [6.45, 7) is 1.55. The topological polar surface area (TPSA) is 105 Å². The Morgan fingerprint density at radius 3 is 2.64 bits per heavy atom. The first-order chi connectivity index (χ1) is 10.5. The lowest BCUT2D eigenvalue weighted by molar-refractivity contribution is -0.302. The molecule has 2 aliphatic heterocycles. The van der Waals surface area contributed by atoms with Gasteiger partial charge in [0.1, 0.15) is 24.1 Å². The highest BCUT2D eigenvalue weighted by Gasteiger charge is 2.44. The number of hydrogen-bond acceptors (Lipinski definition) is 7. The van der Waals surface area contributed by atoms with Gasteiger partial charge in [0.05, 0.1) is 6.10 Å². The summed E-state index contributed by atoms with van der Waals surface area (Å²) in [5, 5.41) is 29.3. The Labute approximate surface area is 127 Å². The molecule has 1 aromatic carbocycles. The van der Waals surface area contributed by atoms with Crippen molar-refractivity contribution in [3.8, 4) is 5.75 Å². The number of hydrogen-bond donors (Lipinski definition) is 3. The van der Waals surface area contributed by atoms with E-state index in [1.54, 1.807) is 19.1 Å². The zero-order valence-electron chi connectivity index (χ0n) is 12.0. The molecule has 0 aliphatic carbocycles. The summed E-state index contributed by atoms with van der Waals surface area (Å²) in [7, 11) is 0. The Morgan fingerprint density at radius 1 is 1.14 bits per heavy atom. The van der Waals surface area contributed by atoms with Crippen LogP contribution in [0.1, 0.15) is 12.5 Å². The van der Waals surface area contributed by atoms with Gasteiger partial charge in [0.2, 0.25) is 0 Å². The second-order valence-corrected chi connectivity index (χ2v) is 5.54. The van der Waals surface area contributed by atoms with Crippen LogP contribution in [0.4, 0.5) is 0 Å². The van der Waals surface area contributed by atoms with Gasteiger partial charge in [0, 0.05) is 6.42 Å². The molecule has 2 aliphatic rings. The lowest BCUT2D eigenvalue weighted by Crippen LogP contribution is -2.58. The molecule has 120 valence electrons. The van der Waals surface area contributed by atoms with Crippen LogP contribution in [-0.4, -0.2) is 58.1 Å². The van der Waals surface area contributed by atoms with Crippen LogP contribution in [0.15, 0.2) is 24.3 Å². The van der Waals surface area contributed by atoms with E-state index in [1.807, 2.05) is 12.1 Å². The van der Waals surface area contributed by atoms with E-state index in [-0.39, 0.29) is 6.42 Å². The molecule has 0 amide bonds. The summed E-state index contributed by atoms with van der Waals surface area (Å²) in [6.07, 6.45) is -6.66. The first kappa shape index (κ1) is 15.4. The number of aliphatic hydroxyl groups is 3. The third kappa shape index (κ3) is 2.73. The van der Waals surface area contributed by atoms with E-state index >= 15 is 0 Å². The minimum Gasteiger partial charge on any atom is -0.424 e. The maximum Gasteiger partial charge on any atom is 0.341 e. The van der Waals surface area contributed by atoms with Gasteiger partial charge in [-0.05, 0) is 18.6 Å². The van der Waals surface area contributed by atoms with Crippen molar-refractivity contribution in [3.05, 3.63) is 29.8 Å². The second kappa shape index (κ2) is 5.94. The van der Waals surface area contributed by atoms with Gasteiger partial charge in [0.25, 0.3) is 0 Å². The Morgan fingerprint density at radius 2 is 1.86 bits per heavy atom. The molecule has 0 saturated carbocycles. The average molecular weight is 310 g/mol. The third-order valence-electron chi connectivity index (χ3n) is 3.96. The van der Waals surface area contributed by atoms with Crippen LogP contribution in [0, 0.1) is 0 Å². The minimum atomic E-state index is -1.45. The molecule has 0 radical (unpaired) electrons. The van der Waals surface area contributed by atoms with Crippen LogP contribution in [0.5, 0.6) is 5.75 Å². The van der Waals surface area contributed by atoms with E-state index in [9.17, 15) is 20.1 Å². The molecule has 1 unspecified atom stereocenters. The molecule has 1 aromatic rings. The van der Waals surface area contributed by atoms with Crippen LogP contribution in [-0.2, 0) is 20.7 Å². The van der Waals surface area contributed by atoms with Crippen LogP contribution in [0.2, 0.25) is 0 Å². The number of para-hydroxylation sites is 1. The summed E-state index contributed by atoms with van der Waals surface area (Å²) in [6, 6.07) is 7.10. The summed E-state index contributed by atoms with van der Waals surface area (Å²) in [5.41, 5.74) is 0.811. The number of aliphatic hydroxyl groups excluding tert-OH is 3. The van der Waals surface area contributed by atoms with Gasteiger partial charge >= 0.3 is 5.97 Å². The minimum absolute atomic E-state index is 0.286. The van der Waals surface area contributed by atoms with E-state index in [4.69, 9.17) is 14.2 Å². The van der Waals surface area contributed by atoms with E-state index in [1.165, 1.54) is 0 Å². The number of esters is 1. The molecule has 0 bridgehead atoms. The Bertz CT molecular complexity index is 561. The highest BCUT2D eigenvalue weighted by atomic mass is 16.7. The molecule has 3 rings (SSSR count). The highest BCUT2D eigenvalue weighted by Crippen LogP contribution is 2.29. The van der Waals surface area contributed by atoms with Gasteiger partial charge in [-0.25, -0.2) is 4.79 Å². The van der Waals surface area contributed by atoms with Crippen molar-refractivity contribution >= 4 is 5.97 Å². The number of rotatable bonds is 2. The number of ether oxygens (including phenoxy) is 3. The van der Waals surface area contributed by atoms with Crippen molar-refractivity contribution in [1.82, 2.24) is 0 Å².